The van der Waals surface area contributed by atoms with Crippen molar-refractivity contribution in [2.24, 2.45) is 0 Å². The highest BCUT2D eigenvalue weighted by atomic mass is 19.1. The van der Waals surface area contributed by atoms with Crippen molar-refractivity contribution in [1.29, 1.82) is 0 Å². The number of carbonyl (C=O) groups is 4. The molecule has 2 N–H and O–H groups in total. The molecular weight excluding hydrogens is 756 g/mol. The molecule has 5 aromatic rings. The van der Waals surface area contributed by atoms with Gasteiger partial charge in [0.05, 0.1) is 42.1 Å². The standard InChI is InChI=1S/C44H49FN8O6/c1-5-30-9-8-10-32(23-30)33-26-39(47-29(2)54)41(46-27-33)44(58)51(4)20-22-59-21-19-50(3)28-40(55)52-15-17-53(18-16-52)43(57)36-24-31(13-14-37(36)45)25-38-34-11-6-7-12-35(34)42(56)49-48-38/h6-14,23-24,26-27H,5,15-22,25,28H2,1-4H3,(H,47,54)(H,49,56). The van der Waals surface area contributed by atoms with Gasteiger partial charge in [0.25, 0.3) is 17.4 Å². The van der Waals surface area contributed by atoms with Gasteiger partial charge in [0.2, 0.25) is 11.8 Å². The Labute approximate surface area is 342 Å². The second-order valence-corrected chi connectivity index (χ2v) is 14.6. The average molecular weight is 805 g/mol. The van der Waals surface area contributed by atoms with E-state index in [1.165, 1.54) is 29.5 Å². The largest absolute Gasteiger partial charge is 0.378 e. The smallest absolute Gasteiger partial charge is 0.274 e. The first-order valence-corrected chi connectivity index (χ1v) is 19.6. The lowest BCUT2D eigenvalue weighted by Crippen LogP contribution is -2.52. The molecule has 0 bridgehead atoms. The predicted octanol–water partition coefficient (Wildman–Crippen LogP) is 4.24. The minimum atomic E-state index is -0.633. The molecule has 0 atom stereocenters. The minimum absolute atomic E-state index is 0.0550. The third-order valence-corrected chi connectivity index (χ3v) is 10.3. The number of H-pyrrole nitrogens is 1. The first-order valence-electron chi connectivity index (χ1n) is 19.6. The van der Waals surface area contributed by atoms with Crippen molar-refractivity contribution in [2.75, 3.05) is 78.4 Å². The number of likely N-dealkylation sites (N-methyl/N-ethyl adjacent to an activating group) is 2. The Kier molecular flexibility index (Phi) is 13.9. The fraction of sp³-hybridized carbons (Fsp3) is 0.341. The first-order chi connectivity index (χ1) is 28.4. The molecule has 1 saturated heterocycles. The number of pyridine rings is 1. The molecule has 0 aliphatic carbocycles. The maximum absolute atomic E-state index is 15.0. The highest BCUT2D eigenvalue weighted by Crippen LogP contribution is 2.26. The molecule has 6 rings (SSSR count). The zero-order chi connectivity index (χ0) is 42.1. The maximum atomic E-state index is 15.0. The molecule has 0 unspecified atom stereocenters. The number of nitrogens with zero attached hydrogens (tertiary/aromatic N) is 6. The molecule has 1 aliphatic rings. The molecule has 3 heterocycles. The van der Waals surface area contributed by atoms with Crippen molar-refractivity contribution in [3.8, 4) is 11.1 Å². The molecule has 0 saturated carbocycles. The van der Waals surface area contributed by atoms with E-state index in [2.05, 4.69) is 33.5 Å². The van der Waals surface area contributed by atoms with Crippen LogP contribution in [0.5, 0.6) is 0 Å². The van der Waals surface area contributed by atoms with Gasteiger partial charge in [0.15, 0.2) is 5.69 Å². The highest BCUT2D eigenvalue weighted by molar-refractivity contribution is 6.02. The monoisotopic (exact) mass is 804 g/mol. The molecule has 59 heavy (non-hydrogen) atoms. The zero-order valence-electron chi connectivity index (χ0n) is 33.8. The summed E-state index contributed by atoms with van der Waals surface area (Å²) in [5.41, 5.74) is 4.29. The van der Waals surface area contributed by atoms with Gasteiger partial charge in [-0.2, -0.15) is 5.10 Å². The summed E-state index contributed by atoms with van der Waals surface area (Å²) >= 11 is 0. The lowest BCUT2D eigenvalue weighted by Gasteiger charge is -2.35. The lowest BCUT2D eigenvalue weighted by atomic mass is 10.0. The number of benzene rings is 3. The molecule has 0 radical (unpaired) electrons. The van der Waals surface area contributed by atoms with E-state index in [1.54, 1.807) is 53.4 Å². The number of piperazine rings is 1. The Morgan fingerprint density at radius 3 is 2.34 bits per heavy atom. The summed E-state index contributed by atoms with van der Waals surface area (Å²) in [5, 5.41) is 10.7. The van der Waals surface area contributed by atoms with Crippen LogP contribution in [-0.4, -0.2) is 132 Å². The van der Waals surface area contributed by atoms with Crippen LogP contribution in [-0.2, 0) is 27.2 Å². The second-order valence-electron chi connectivity index (χ2n) is 14.6. The molecular formula is C44H49FN8O6. The van der Waals surface area contributed by atoms with Gasteiger partial charge >= 0.3 is 0 Å². The summed E-state index contributed by atoms with van der Waals surface area (Å²) in [6.45, 7) is 6.09. The Hall–Kier alpha value is -6.32. The van der Waals surface area contributed by atoms with Crippen molar-refractivity contribution < 1.29 is 28.3 Å². The number of aryl methyl sites for hydroxylation is 1. The number of carbonyl (C=O) groups excluding carboxylic acids is 4. The van der Waals surface area contributed by atoms with Gasteiger partial charge < -0.3 is 24.8 Å². The number of anilines is 1. The average Bonchev–Trinajstić information content (AvgIpc) is 3.24. The quantitative estimate of drug-likeness (QED) is 0.148. The number of halogens is 1. The molecule has 308 valence electrons. The number of fused-ring (bicyclic) bond motifs is 1. The van der Waals surface area contributed by atoms with Gasteiger partial charge in [0, 0.05) is 76.8 Å². The van der Waals surface area contributed by atoms with Crippen LogP contribution in [0.25, 0.3) is 21.9 Å². The van der Waals surface area contributed by atoms with E-state index in [-0.39, 0.29) is 67.3 Å². The van der Waals surface area contributed by atoms with E-state index < -0.39 is 11.7 Å². The normalized spacial score (nSPS) is 12.8. The van der Waals surface area contributed by atoms with Crippen LogP contribution in [0.1, 0.15) is 51.5 Å². The number of nitrogens with one attached hydrogen (secondary N) is 2. The third kappa shape index (κ3) is 10.6. The van der Waals surface area contributed by atoms with Crippen LogP contribution in [0.15, 0.2) is 83.8 Å². The topological polar surface area (TPSA) is 161 Å². The van der Waals surface area contributed by atoms with E-state index in [0.29, 0.717) is 60.4 Å². The van der Waals surface area contributed by atoms with Crippen LogP contribution in [0.3, 0.4) is 0 Å². The number of hydrogen-bond donors (Lipinski definition) is 2. The number of aromatic amines is 1. The number of rotatable bonds is 15. The minimum Gasteiger partial charge on any atom is -0.378 e. The van der Waals surface area contributed by atoms with Gasteiger partial charge in [-0.25, -0.2) is 14.5 Å². The van der Waals surface area contributed by atoms with Crippen LogP contribution < -0.4 is 10.9 Å². The highest BCUT2D eigenvalue weighted by Gasteiger charge is 2.27. The van der Waals surface area contributed by atoms with Crippen LogP contribution in [0.4, 0.5) is 10.1 Å². The van der Waals surface area contributed by atoms with Crippen molar-refractivity contribution >= 4 is 40.1 Å². The Morgan fingerprint density at radius 2 is 1.59 bits per heavy atom. The summed E-state index contributed by atoms with van der Waals surface area (Å²) in [7, 11) is 3.46. The Balaban J connectivity index is 0.930. The molecule has 3 aromatic carbocycles. The second kappa shape index (κ2) is 19.4. The van der Waals surface area contributed by atoms with Gasteiger partial charge in [0.1, 0.15) is 5.82 Å². The van der Waals surface area contributed by atoms with Crippen molar-refractivity contribution in [3.05, 3.63) is 123 Å². The SMILES string of the molecule is CCc1cccc(-c2cnc(C(=O)N(C)CCOCCN(C)CC(=O)N3CCN(C(=O)c4cc(Cc5n[nH]c(=O)c6ccccc56)ccc4F)CC3)c(NC(C)=O)c2)c1. The number of aromatic nitrogens is 3. The molecule has 4 amide bonds. The van der Waals surface area contributed by atoms with Crippen LogP contribution >= 0.6 is 0 Å². The van der Waals surface area contributed by atoms with E-state index in [0.717, 1.165) is 17.5 Å². The summed E-state index contributed by atoms with van der Waals surface area (Å²) in [4.78, 5) is 75.2. The van der Waals surface area contributed by atoms with Crippen LogP contribution in [0, 0.1) is 5.82 Å². The van der Waals surface area contributed by atoms with Gasteiger partial charge in [-0.1, -0.05) is 55.5 Å². The van der Waals surface area contributed by atoms with Gasteiger partial charge in [-0.15, -0.1) is 0 Å². The van der Waals surface area contributed by atoms with Crippen molar-refractivity contribution in [3.63, 3.8) is 0 Å². The van der Waals surface area contributed by atoms with E-state index in [1.807, 2.05) is 36.2 Å². The van der Waals surface area contributed by atoms with Crippen LogP contribution in [0.2, 0.25) is 0 Å². The first kappa shape index (κ1) is 42.3. The molecule has 2 aromatic heterocycles. The van der Waals surface area contributed by atoms with Gasteiger partial charge in [-0.05, 0) is 54.4 Å². The molecule has 15 heteroatoms. The maximum Gasteiger partial charge on any atom is 0.274 e. The summed E-state index contributed by atoms with van der Waals surface area (Å²) < 4.78 is 20.8. The fourth-order valence-corrected chi connectivity index (χ4v) is 6.94. The lowest BCUT2D eigenvalue weighted by molar-refractivity contribution is -0.133. The molecule has 1 aliphatic heterocycles. The number of ether oxygens (including phenoxy) is 1. The Bertz CT molecular complexity index is 2400. The van der Waals surface area contributed by atoms with Crippen molar-refractivity contribution in [2.45, 2.75) is 26.7 Å². The molecule has 1 fully saturated rings. The number of amides is 4. The summed E-state index contributed by atoms with van der Waals surface area (Å²) in [6.07, 6.45) is 2.80. The van der Waals surface area contributed by atoms with Crippen molar-refractivity contribution in [1.82, 2.24) is 34.8 Å². The number of hydrogen-bond acceptors (Lipinski definition) is 9. The van der Waals surface area contributed by atoms with Gasteiger partial charge in [-0.3, -0.25) is 28.9 Å². The Morgan fingerprint density at radius 1 is 0.864 bits per heavy atom. The fourth-order valence-electron chi connectivity index (χ4n) is 6.94. The predicted molar refractivity (Wildman–Crippen MR) is 223 cm³/mol. The van der Waals surface area contributed by atoms with E-state index in [9.17, 15) is 28.4 Å². The van der Waals surface area contributed by atoms with E-state index in [4.69, 9.17) is 4.74 Å². The summed E-state index contributed by atoms with van der Waals surface area (Å²) in [5.74, 6) is -1.85. The molecule has 0 spiro atoms. The van der Waals surface area contributed by atoms with E-state index >= 15 is 0 Å². The third-order valence-electron chi connectivity index (χ3n) is 10.3. The summed E-state index contributed by atoms with van der Waals surface area (Å²) in [6, 6.07) is 21.3. The molecule has 14 nitrogen and oxygen atoms in total. The zero-order valence-corrected chi connectivity index (χ0v) is 33.8.